The quantitative estimate of drug-likeness (QED) is 0.237. The van der Waals surface area contributed by atoms with Crippen LogP contribution in [0.15, 0.2) is 72.8 Å². The molecule has 0 fully saturated rings. The van der Waals surface area contributed by atoms with Crippen molar-refractivity contribution in [2.24, 2.45) is 0 Å². The van der Waals surface area contributed by atoms with E-state index in [2.05, 4.69) is 56.5 Å². The Bertz CT molecular complexity index is 1150. The molecular weight excluding hydrogens is 450 g/mol. The van der Waals surface area contributed by atoms with Crippen molar-refractivity contribution in [3.63, 3.8) is 0 Å². The lowest BCUT2D eigenvalue weighted by molar-refractivity contribution is 0.357. The summed E-state index contributed by atoms with van der Waals surface area (Å²) in [6.45, 7) is 12.7. The van der Waals surface area contributed by atoms with Crippen molar-refractivity contribution in [3.8, 4) is 35.3 Å². The minimum Gasteiger partial charge on any atom is -0.424 e. The molecule has 0 spiro atoms. The first-order chi connectivity index (χ1) is 17.3. The first kappa shape index (κ1) is 25.2. The second-order valence-corrected chi connectivity index (χ2v) is 9.57. The summed E-state index contributed by atoms with van der Waals surface area (Å²) in [6, 6.07) is 23.9. The molecule has 3 aromatic carbocycles. The van der Waals surface area contributed by atoms with E-state index in [0.717, 1.165) is 16.7 Å². The average molecular weight is 484 g/mol. The van der Waals surface area contributed by atoms with Crippen LogP contribution >= 0.6 is 0 Å². The van der Waals surface area contributed by atoms with Gasteiger partial charge in [-0.1, -0.05) is 96.1 Å². The van der Waals surface area contributed by atoms with E-state index in [9.17, 15) is 0 Å². The van der Waals surface area contributed by atoms with E-state index in [-0.39, 0.29) is 35.8 Å². The van der Waals surface area contributed by atoms with Crippen LogP contribution in [-0.2, 0) is 0 Å². The molecule has 0 aliphatic rings. The van der Waals surface area contributed by atoms with Crippen LogP contribution < -0.4 is 14.2 Å². The highest BCUT2D eigenvalue weighted by atomic mass is 16.5. The third-order valence-corrected chi connectivity index (χ3v) is 5.80. The monoisotopic (exact) mass is 483 g/mol. The van der Waals surface area contributed by atoms with Gasteiger partial charge in [0.1, 0.15) is 17.2 Å². The highest BCUT2D eigenvalue weighted by molar-refractivity contribution is 5.40. The van der Waals surface area contributed by atoms with Gasteiger partial charge in [0.15, 0.2) is 0 Å². The number of aromatic nitrogens is 3. The summed E-state index contributed by atoms with van der Waals surface area (Å²) in [5.41, 5.74) is 3.16. The largest absolute Gasteiger partial charge is 0.424 e. The molecule has 0 unspecified atom stereocenters. The number of rotatable bonds is 9. The Balaban J connectivity index is 1.75. The van der Waals surface area contributed by atoms with Crippen molar-refractivity contribution in [1.82, 2.24) is 15.0 Å². The molecule has 6 heteroatoms. The van der Waals surface area contributed by atoms with Gasteiger partial charge in [-0.3, -0.25) is 0 Å². The van der Waals surface area contributed by atoms with Gasteiger partial charge in [-0.2, -0.15) is 0 Å². The molecule has 0 N–H and O–H groups in total. The lowest BCUT2D eigenvalue weighted by Gasteiger charge is -2.16. The highest BCUT2D eigenvalue weighted by Gasteiger charge is 2.18. The van der Waals surface area contributed by atoms with Gasteiger partial charge in [0.25, 0.3) is 0 Å². The number of nitrogens with zero attached hydrogens (tertiary/aromatic N) is 3. The number of para-hydroxylation sites is 3. The SMILES string of the molecule is CC(C)c1ccccc1Oc1nc(Oc2ccccc2C(C)C)nc(Oc2ccccc2C(C)C)n1. The third kappa shape index (κ3) is 6.00. The van der Waals surface area contributed by atoms with Gasteiger partial charge >= 0.3 is 18.0 Å². The normalized spacial score (nSPS) is 11.2. The van der Waals surface area contributed by atoms with Gasteiger partial charge in [0.05, 0.1) is 0 Å². The molecule has 0 atom stereocenters. The minimum atomic E-state index is 0.104. The van der Waals surface area contributed by atoms with Crippen molar-refractivity contribution in [2.45, 2.75) is 59.3 Å². The molecule has 6 nitrogen and oxygen atoms in total. The van der Waals surface area contributed by atoms with Crippen molar-refractivity contribution >= 4 is 0 Å². The van der Waals surface area contributed by atoms with Gasteiger partial charge in [-0.25, -0.2) is 0 Å². The Kier molecular flexibility index (Phi) is 7.84. The zero-order valence-electron chi connectivity index (χ0n) is 21.7. The summed E-state index contributed by atoms with van der Waals surface area (Å²) >= 11 is 0. The molecule has 0 aliphatic carbocycles. The predicted octanol–water partition coefficient (Wildman–Crippen LogP) is 8.62. The molecule has 0 bridgehead atoms. The maximum atomic E-state index is 6.16. The van der Waals surface area contributed by atoms with E-state index < -0.39 is 0 Å². The maximum Gasteiger partial charge on any atom is 0.331 e. The summed E-state index contributed by atoms with van der Waals surface area (Å²) < 4.78 is 18.5. The van der Waals surface area contributed by atoms with E-state index >= 15 is 0 Å². The van der Waals surface area contributed by atoms with Gasteiger partial charge in [0.2, 0.25) is 0 Å². The van der Waals surface area contributed by atoms with Crippen LogP contribution in [0.4, 0.5) is 0 Å². The van der Waals surface area contributed by atoms with E-state index in [1.807, 2.05) is 72.8 Å². The molecule has 4 rings (SSSR count). The minimum absolute atomic E-state index is 0.104. The van der Waals surface area contributed by atoms with Gasteiger partial charge < -0.3 is 14.2 Å². The van der Waals surface area contributed by atoms with Crippen molar-refractivity contribution < 1.29 is 14.2 Å². The predicted molar refractivity (Wildman–Crippen MR) is 142 cm³/mol. The fraction of sp³-hybridized carbons (Fsp3) is 0.300. The molecule has 4 aromatic rings. The second kappa shape index (κ2) is 11.2. The van der Waals surface area contributed by atoms with Crippen LogP contribution in [0, 0.1) is 0 Å². The van der Waals surface area contributed by atoms with E-state index in [1.165, 1.54) is 0 Å². The Hall–Kier alpha value is -3.93. The van der Waals surface area contributed by atoms with Gasteiger partial charge in [0, 0.05) is 0 Å². The molecule has 1 heterocycles. The molecule has 0 saturated heterocycles. The fourth-order valence-corrected chi connectivity index (χ4v) is 3.90. The average Bonchev–Trinajstić information content (AvgIpc) is 2.84. The molecule has 36 heavy (non-hydrogen) atoms. The number of hydrogen-bond donors (Lipinski definition) is 0. The summed E-state index contributed by atoms with van der Waals surface area (Å²) in [5, 5.41) is 0. The Morgan fingerprint density at radius 1 is 0.417 bits per heavy atom. The molecule has 0 aliphatic heterocycles. The van der Waals surface area contributed by atoms with Gasteiger partial charge in [-0.05, 0) is 52.6 Å². The second-order valence-electron chi connectivity index (χ2n) is 9.57. The highest BCUT2D eigenvalue weighted by Crippen LogP contribution is 2.34. The standard InChI is InChI=1S/C30H33N3O3/c1-19(2)22-13-7-10-16-25(22)34-28-31-29(35-26-17-11-8-14-23(26)20(3)4)33-30(32-28)36-27-18-12-9-15-24(27)21(5)6/h7-21H,1-6H3. The van der Waals surface area contributed by atoms with Crippen molar-refractivity contribution in [3.05, 3.63) is 89.5 Å². The van der Waals surface area contributed by atoms with E-state index in [4.69, 9.17) is 14.2 Å². The van der Waals surface area contributed by atoms with Crippen LogP contribution in [0.3, 0.4) is 0 Å². The molecule has 186 valence electrons. The molecular formula is C30H33N3O3. The van der Waals surface area contributed by atoms with Gasteiger partial charge in [-0.15, -0.1) is 15.0 Å². The fourth-order valence-electron chi connectivity index (χ4n) is 3.90. The number of ether oxygens (including phenoxy) is 3. The summed E-state index contributed by atoms with van der Waals surface area (Å²) in [6.07, 6.45) is 0. The summed E-state index contributed by atoms with van der Waals surface area (Å²) in [4.78, 5) is 13.4. The van der Waals surface area contributed by atoms with Crippen molar-refractivity contribution in [2.75, 3.05) is 0 Å². The Morgan fingerprint density at radius 2 is 0.667 bits per heavy atom. The van der Waals surface area contributed by atoms with Crippen LogP contribution in [0.5, 0.6) is 35.3 Å². The Morgan fingerprint density at radius 3 is 0.917 bits per heavy atom. The zero-order chi connectivity index (χ0) is 25.7. The van der Waals surface area contributed by atoms with Crippen molar-refractivity contribution in [1.29, 1.82) is 0 Å². The van der Waals surface area contributed by atoms with E-state index in [0.29, 0.717) is 17.2 Å². The van der Waals surface area contributed by atoms with Crippen LogP contribution in [-0.4, -0.2) is 15.0 Å². The molecule has 1 aromatic heterocycles. The topological polar surface area (TPSA) is 66.4 Å². The smallest absolute Gasteiger partial charge is 0.331 e. The third-order valence-electron chi connectivity index (χ3n) is 5.80. The zero-order valence-corrected chi connectivity index (χ0v) is 21.7. The van der Waals surface area contributed by atoms with Crippen LogP contribution in [0.25, 0.3) is 0 Å². The lowest BCUT2D eigenvalue weighted by atomic mass is 10.0. The van der Waals surface area contributed by atoms with E-state index in [1.54, 1.807) is 0 Å². The first-order valence-corrected chi connectivity index (χ1v) is 12.4. The molecule has 0 radical (unpaired) electrons. The first-order valence-electron chi connectivity index (χ1n) is 12.4. The number of hydrogen-bond acceptors (Lipinski definition) is 6. The summed E-state index contributed by atoms with van der Waals surface area (Å²) in [5.74, 6) is 2.85. The molecule has 0 amide bonds. The lowest BCUT2D eigenvalue weighted by Crippen LogP contribution is -2.04. The van der Waals surface area contributed by atoms with Crippen LogP contribution in [0.1, 0.15) is 76.0 Å². The molecule has 0 saturated carbocycles. The number of benzene rings is 3. The maximum absolute atomic E-state index is 6.16. The summed E-state index contributed by atoms with van der Waals surface area (Å²) in [7, 11) is 0. The van der Waals surface area contributed by atoms with Crippen LogP contribution in [0.2, 0.25) is 0 Å². The Labute approximate surface area is 213 Å².